The molecule has 0 saturated carbocycles. The van der Waals surface area contributed by atoms with E-state index in [0.29, 0.717) is 6.54 Å². The number of carbonyl (C=O) groups is 1. The zero-order valence-corrected chi connectivity index (χ0v) is 13.5. The summed E-state index contributed by atoms with van der Waals surface area (Å²) in [6, 6.07) is 0.155. The Morgan fingerprint density at radius 2 is 2.05 bits per heavy atom. The van der Waals surface area contributed by atoms with Gasteiger partial charge in [-0.1, -0.05) is 6.92 Å². The lowest BCUT2D eigenvalue weighted by Crippen LogP contribution is -2.51. The summed E-state index contributed by atoms with van der Waals surface area (Å²) >= 11 is 0. The molecule has 2 atom stereocenters. The molecule has 1 aliphatic rings. The Balaban J connectivity index is 2.55. The standard InChI is InChI=1S/C15H30N2O3/c1-6-15(5,11-18)16-10-12-8-7-9-17(12)13(19)20-14(2,3)4/h12,16,18H,6-11H2,1-5H3. The molecule has 0 radical (unpaired) electrons. The van der Waals surface area contributed by atoms with Gasteiger partial charge in [0, 0.05) is 24.7 Å². The molecule has 1 heterocycles. The van der Waals surface area contributed by atoms with Crippen molar-refractivity contribution in [1.82, 2.24) is 10.2 Å². The molecule has 1 fully saturated rings. The summed E-state index contributed by atoms with van der Waals surface area (Å²) in [7, 11) is 0. The van der Waals surface area contributed by atoms with Crippen molar-refractivity contribution in [2.75, 3.05) is 19.7 Å². The molecule has 0 aromatic rings. The molecule has 2 N–H and O–H groups in total. The van der Waals surface area contributed by atoms with Crippen molar-refractivity contribution >= 4 is 6.09 Å². The minimum absolute atomic E-state index is 0.0999. The molecule has 1 aliphatic heterocycles. The molecule has 0 aliphatic carbocycles. The van der Waals surface area contributed by atoms with Gasteiger partial charge in [-0.25, -0.2) is 4.79 Å². The van der Waals surface area contributed by atoms with Crippen LogP contribution >= 0.6 is 0 Å². The normalized spacial score (nSPS) is 22.7. The van der Waals surface area contributed by atoms with Crippen LogP contribution in [0.3, 0.4) is 0 Å². The van der Waals surface area contributed by atoms with E-state index < -0.39 is 5.60 Å². The fourth-order valence-electron chi connectivity index (χ4n) is 2.27. The predicted molar refractivity (Wildman–Crippen MR) is 79.7 cm³/mol. The first kappa shape index (κ1) is 17.2. The van der Waals surface area contributed by atoms with E-state index in [9.17, 15) is 9.90 Å². The van der Waals surface area contributed by atoms with Crippen LogP contribution in [0.2, 0.25) is 0 Å². The van der Waals surface area contributed by atoms with Gasteiger partial charge in [-0.3, -0.25) is 0 Å². The molecular weight excluding hydrogens is 256 g/mol. The fourth-order valence-corrected chi connectivity index (χ4v) is 2.27. The topological polar surface area (TPSA) is 61.8 Å². The van der Waals surface area contributed by atoms with Crippen LogP contribution in [0.1, 0.15) is 53.9 Å². The highest BCUT2D eigenvalue weighted by Crippen LogP contribution is 2.21. The molecule has 0 aromatic heterocycles. The number of amides is 1. The van der Waals surface area contributed by atoms with Crippen molar-refractivity contribution in [2.45, 2.75) is 71.1 Å². The highest BCUT2D eigenvalue weighted by Gasteiger charge is 2.33. The average molecular weight is 286 g/mol. The molecule has 2 unspecified atom stereocenters. The lowest BCUT2D eigenvalue weighted by Gasteiger charge is -2.33. The van der Waals surface area contributed by atoms with Crippen LogP contribution in [0.15, 0.2) is 0 Å². The molecule has 1 amide bonds. The average Bonchev–Trinajstić information content (AvgIpc) is 2.82. The summed E-state index contributed by atoms with van der Waals surface area (Å²) in [5.74, 6) is 0. The Bertz CT molecular complexity index is 322. The molecule has 118 valence electrons. The van der Waals surface area contributed by atoms with Gasteiger partial charge in [-0.2, -0.15) is 0 Å². The summed E-state index contributed by atoms with van der Waals surface area (Å²) in [6.45, 7) is 11.2. The lowest BCUT2D eigenvalue weighted by atomic mass is 9.99. The minimum Gasteiger partial charge on any atom is -0.444 e. The Kier molecular flexibility index (Phi) is 5.83. The highest BCUT2D eigenvalue weighted by atomic mass is 16.6. The van der Waals surface area contributed by atoms with Gasteiger partial charge in [0.2, 0.25) is 0 Å². The number of hydrogen-bond acceptors (Lipinski definition) is 4. The van der Waals surface area contributed by atoms with Gasteiger partial charge in [0.25, 0.3) is 0 Å². The van der Waals surface area contributed by atoms with Crippen LogP contribution in [0.4, 0.5) is 4.79 Å². The number of carbonyl (C=O) groups excluding carboxylic acids is 1. The maximum Gasteiger partial charge on any atom is 0.410 e. The van der Waals surface area contributed by atoms with Crippen LogP contribution in [0.25, 0.3) is 0 Å². The second-order valence-corrected chi connectivity index (χ2v) is 6.92. The summed E-state index contributed by atoms with van der Waals surface area (Å²) in [5, 5.41) is 12.8. The first-order valence-corrected chi connectivity index (χ1v) is 7.56. The first-order valence-electron chi connectivity index (χ1n) is 7.56. The molecule has 0 bridgehead atoms. The Hall–Kier alpha value is -0.810. The fraction of sp³-hybridized carbons (Fsp3) is 0.933. The van der Waals surface area contributed by atoms with Crippen LogP contribution in [0.5, 0.6) is 0 Å². The summed E-state index contributed by atoms with van der Waals surface area (Å²) in [4.78, 5) is 14.0. The largest absolute Gasteiger partial charge is 0.444 e. The van der Waals surface area contributed by atoms with Crippen LogP contribution in [-0.2, 0) is 4.74 Å². The number of aliphatic hydroxyl groups is 1. The third-order valence-electron chi connectivity index (χ3n) is 3.90. The van der Waals surface area contributed by atoms with Gasteiger partial charge in [-0.15, -0.1) is 0 Å². The molecule has 20 heavy (non-hydrogen) atoms. The molecule has 1 saturated heterocycles. The third kappa shape index (κ3) is 4.94. The summed E-state index contributed by atoms with van der Waals surface area (Å²) in [6.07, 6.45) is 2.61. The number of ether oxygens (including phenoxy) is 1. The van der Waals surface area contributed by atoms with Gasteiger partial charge in [0.05, 0.1) is 6.61 Å². The summed E-state index contributed by atoms with van der Waals surface area (Å²) in [5.41, 5.74) is -0.733. The number of nitrogens with zero attached hydrogens (tertiary/aromatic N) is 1. The molecule has 0 aromatic carbocycles. The zero-order valence-electron chi connectivity index (χ0n) is 13.5. The van der Waals surface area contributed by atoms with Crippen molar-refractivity contribution in [2.24, 2.45) is 0 Å². The molecule has 0 spiro atoms. The number of rotatable bonds is 5. The predicted octanol–water partition coefficient (Wildman–Crippen LogP) is 2.14. The van der Waals surface area contributed by atoms with E-state index in [4.69, 9.17) is 4.74 Å². The second-order valence-electron chi connectivity index (χ2n) is 6.92. The van der Waals surface area contributed by atoms with Gasteiger partial charge < -0.3 is 20.1 Å². The van der Waals surface area contributed by atoms with E-state index in [1.165, 1.54) is 0 Å². The van der Waals surface area contributed by atoms with E-state index in [1.54, 1.807) is 0 Å². The molecule has 5 heteroatoms. The van der Waals surface area contributed by atoms with Crippen LogP contribution in [-0.4, -0.2) is 53.0 Å². The van der Waals surface area contributed by atoms with E-state index in [-0.39, 0.29) is 24.3 Å². The first-order chi connectivity index (χ1) is 9.21. The van der Waals surface area contributed by atoms with E-state index >= 15 is 0 Å². The van der Waals surface area contributed by atoms with Gasteiger partial charge in [0.15, 0.2) is 0 Å². The monoisotopic (exact) mass is 286 g/mol. The molecule has 1 rings (SSSR count). The maximum atomic E-state index is 12.2. The van der Waals surface area contributed by atoms with Crippen molar-refractivity contribution in [3.63, 3.8) is 0 Å². The van der Waals surface area contributed by atoms with Crippen molar-refractivity contribution in [1.29, 1.82) is 0 Å². The number of likely N-dealkylation sites (tertiary alicyclic amines) is 1. The lowest BCUT2D eigenvalue weighted by molar-refractivity contribution is 0.0217. The highest BCUT2D eigenvalue weighted by molar-refractivity contribution is 5.69. The number of nitrogens with one attached hydrogen (secondary N) is 1. The van der Waals surface area contributed by atoms with E-state index in [2.05, 4.69) is 5.32 Å². The number of hydrogen-bond donors (Lipinski definition) is 2. The quantitative estimate of drug-likeness (QED) is 0.813. The Morgan fingerprint density at radius 3 is 2.55 bits per heavy atom. The van der Waals surface area contributed by atoms with Gasteiger partial charge >= 0.3 is 6.09 Å². The van der Waals surface area contributed by atoms with Crippen LogP contribution < -0.4 is 5.32 Å². The van der Waals surface area contributed by atoms with Crippen molar-refractivity contribution in [3.05, 3.63) is 0 Å². The smallest absolute Gasteiger partial charge is 0.410 e. The zero-order chi connectivity index (χ0) is 15.4. The van der Waals surface area contributed by atoms with Crippen molar-refractivity contribution in [3.8, 4) is 0 Å². The molecule has 5 nitrogen and oxygen atoms in total. The SMILES string of the molecule is CCC(C)(CO)NCC1CCCN1C(=O)OC(C)(C)C. The van der Waals surface area contributed by atoms with Crippen LogP contribution in [0, 0.1) is 0 Å². The Morgan fingerprint density at radius 1 is 1.40 bits per heavy atom. The summed E-state index contributed by atoms with van der Waals surface area (Å²) < 4.78 is 5.45. The minimum atomic E-state index is -0.458. The van der Waals surface area contributed by atoms with Crippen molar-refractivity contribution < 1.29 is 14.6 Å². The van der Waals surface area contributed by atoms with Gasteiger partial charge in [-0.05, 0) is 47.0 Å². The molecular formula is C15H30N2O3. The van der Waals surface area contributed by atoms with Gasteiger partial charge in [0.1, 0.15) is 5.60 Å². The third-order valence-corrected chi connectivity index (χ3v) is 3.90. The maximum absolute atomic E-state index is 12.2. The Labute approximate surface area is 122 Å². The second kappa shape index (κ2) is 6.76. The number of aliphatic hydroxyl groups excluding tert-OH is 1. The van der Waals surface area contributed by atoms with E-state index in [0.717, 1.165) is 25.8 Å². The van der Waals surface area contributed by atoms with E-state index in [1.807, 2.05) is 39.5 Å².